The van der Waals surface area contributed by atoms with Crippen LogP contribution in [0.1, 0.15) is 31.9 Å². The Balaban J connectivity index is 2.53. The number of nitrogens with one attached hydrogen (secondary N) is 1. The maximum Gasteiger partial charge on any atom is 0.337 e. The first-order valence-electron chi connectivity index (χ1n) is 7.12. The number of carbonyl (C=O) groups is 1. The molecule has 0 fully saturated rings. The predicted molar refractivity (Wildman–Crippen MR) is 91.6 cm³/mol. The van der Waals surface area contributed by atoms with Gasteiger partial charge in [0.05, 0.1) is 18.7 Å². The highest BCUT2D eigenvalue weighted by Gasteiger charge is 2.34. The van der Waals surface area contributed by atoms with E-state index in [1.165, 1.54) is 7.11 Å². The Kier molecular flexibility index (Phi) is 5.42. The van der Waals surface area contributed by atoms with Gasteiger partial charge in [0.15, 0.2) is 5.11 Å². The number of hydrogen-bond donors (Lipinski definition) is 1. The number of thiocarbonyl (C=S) groups is 1. The summed E-state index contributed by atoms with van der Waals surface area (Å²) >= 11 is 11.5. The number of esters is 1. The molecule has 1 unspecified atom stereocenters. The van der Waals surface area contributed by atoms with Crippen LogP contribution < -0.4 is 5.32 Å². The van der Waals surface area contributed by atoms with Crippen LogP contribution in [0.4, 0.5) is 0 Å². The van der Waals surface area contributed by atoms with Crippen LogP contribution in [-0.4, -0.2) is 29.6 Å². The molecule has 1 heterocycles. The molecule has 1 aromatic carbocycles. The third kappa shape index (κ3) is 3.25. The Hall–Kier alpha value is -1.59. The van der Waals surface area contributed by atoms with Crippen molar-refractivity contribution in [2.45, 2.75) is 26.3 Å². The second kappa shape index (κ2) is 7.11. The third-order valence-electron chi connectivity index (χ3n) is 3.63. The molecule has 2 rings (SSSR count). The average molecular weight is 339 g/mol. The van der Waals surface area contributed by atoms with Gasteiger partial charge in [0.1, 0.15) is 0 Å². The van der Waals surface area contributed by atoms with Crippen molar-refractivity contribution in [2.75, 3.05) is 13.7 Å². The molecule has 118 valence electrons. The van der Waals surface area contributed by atoms with E-state index in [1.54, 1.807) is 6.07 Å². The van der Waals surface area contributed by atoms with Gasteiger partial charge < -0.3 is 15.0 Å². The van der Waals surface area contributed by atoms with Crippen LogP contribution in [0.3, 0.4) is 0 Å². The number of benzene rings is 1. The molecule has 1 atom stereocenters. The maximum absolute atomic E-state index is 12.3. The van der Waals surface area contributed by atoms with Gasteiger partial charge in [0, 0.05) is 17.3 Å². The Morgan fingerprint density at radius 2 is 2.23 bits per heavy atom. The van der Waals surface area contributed by atoms with Crippen LogP contribution >= 0.6 is 23.8 Å². The zero-order chi connectivity index (χ0) is 16.3. The Morgan fingerprint density at radius 3 is 2.82 bits per heavy atom. The summed E-state index contributed by atoms with van der Waals surface area (Å²) in [6.45, 7) is 4.71. The monoisotopic (exact) mass is 338 g/mol. The molecular weight excluding hydrogens is 320 g/mol. The second-order valence-corrected chi connectivity index (χ2v) is 5.90. The van der Waals surface area contributed by atoms with Gasteiger partial charge in [-0.1, -0.05) is 30.7 Å². The summed E-state index contributed by atoms with van der Waals surface area (Å²) < 4.78 is 4.96. The molecule has 0 radical (unpaired) electrons. The fraction of sp³-hybridized carbons (Fsp3) is 0.375. The van der Waals surface area contributed by atoms with Gasteiger partial charge in [-0.05, 0) is 43.3 Å². The van der Waals surface area contributed by atoms with Gasteiger partial charge >= 0.3 is 5.97 Å². The van der Waals surface area contributed by atoms with E-state index >= 15 is 0 Å². The number of rotatable bonds is 4. The van der Waals surface area contributed by atoms with E-state index in [-0.39, 0.29) is 12.0 Å². The number of allylic oxidation sites excluding steroid dienone is 1. The zero-order valence-corrected chi connectivity index (χ0v) is 14.4. The van der Waals surface area contributed by atoms with E-state index in [1.807, 2.05) is 30.0 Å². The molecule has 1 aliphatic rings. The summed E-state index contributed by atoms with van der Waals surface area (Å²) in [6.07, 6.45) is 0.926. The first kappa shape index (κ1) is 16.8. The van der Waals surface area contributed by atoms with Crippen molar-refractivity contribution in [3.05, 3.63) is 46.1 Å². The topological polar surface area (TPSA) is 41.6 Å². The average Bonchev–Trinajstić information content (AvgIpc) is 2.50. The van der Waals surface area contributed by atoms with Gasteiger partial charge in [0.25, 0.3) is 0 Å². The minimum absolute atomic E-state index is 0.355. The lowest BCUT2D eigenvalue weighted by Crippen LogP contribution is -2.48. The quantitative estimate of drug-likeness (QED) is 0.673. The first-order valence-corrected chi connectivity index (χ1v) is 7.90. The fourth-order valence-corrected chi connectivity index (χ4v) is 3.13. The van der Waals surface area contributed by atoms with Crippen molar-refractivity contribution in [1.29, 1.82) is 0 Å². The summed E-state index contributed by atoms with van der Waals surface area (Å²) in [5, 5.41) is 4.45. The number of methoxy groups -OCH3 is 1. The molecule has 1 aromatic rings. The molecule has 0 amide bonds. The normalized spacial score (nSPS) is 18.3. The molecule has 0 bridgehead atoms. The molecule has 6 heteroatoms. The molecule has 1 N–H and O–H groups in total. The Bertz CT molecular complexity index is 630. The highest BCUT2D eigenvalue weighted by molar-refractivity contribution is 7.80. The minimum atomic E-state index is -0.362. The second-order valence-electron chi connectivity index (χ2n) is 5.08. The number of nitrogens with zero attached hydrogens (tertiary/aromatic N) is 1. The molecule has 4 nitrogen and oxygen atoms in total. The maximum atomic E-state index is 12.3. The highest BCUT2D eigenvalue weighted by atomic mass is 35.5. The molecule has 1 aliphatic heterocycles. The highest BCUT2D eigenvalue weighted by Crippen LogP contribution is 2.32. The molecule has 22 heavy (non-hydrogen) atoms. The summed E-state index contributed by atoms with van der Waals surface area (Å²) in [5.74, 6) is -0.362. The largest absolute Gasteiger partial charge is 0.466 e. The Morgan fingerprint density at radius 1 is 1.50 bits per heavy atom. The van der Waals surface area contributed by atoms with Crippen molar-refractivity contribution in [2.24, 2.45) is 0 Å². The first-order chi connectivity index (χ1) is 10.5. The number of carbonyl (C=O) groups excluding carboxylic acids is 1. The van der Waals surface area contributed by atoms with Gasteiger partial charge in [-0.25, -0.2) is 4.79 Å². The van der Waals surface area contributed by atoms with Crippen molar-refractivity contribution in [3.63, 3.8) is 0 Å². The minimum Gasteiger partial charge on any atom is -0.466 e. The molecule has 0 aliphatic carbocycles. The summed E-state index contributed by atoms with van der Waals surface area (Å²) in [7, 11) is 1.38. The van der Waals surface area contributed by atoms with Crippen molar-refractivity contribution < 1.29 is 9.53 Å². The lowest BCUT2D eigenvalue weighted by atomic mass is 9.95. The van der Waals surface area contributed by atoms with Crippen LogP contribution in [0.25, 0.3) is 0 Å². The molecular formula is C16H19ClN2O2S. The number of halogens is 1. The van der Waals surface area contributed by atoms with Crippen LogP contribution in [0.5, 0.6) is 0 Å². The lowest BCUT2D eigenvalue weighted by Gasteiger charge is -2.37. The molecule has 0 spiro atoms. The van der Waals surface area contributed by atoms with E-state index in [2.05, 4.69) is 12.2 Å². The molecule has 0 saturated carbocycles. The van der Waals surface area contributed by atoms with Crippen LogP contribution in [0.2, 0.25) is 5.02 Å². The molecule has 0 aromatic heterocycles. The van der Waals surface area contributed by atoms with Crippen LogP contribution in [-0.2, 0) is 9.53 Å². The Labute approximate surface area is 141 Å². The molecule has 0 saturated heterocycles. The number of hydrogen-bond acceptors (Lipinski definition) is 3. The standard InChI is InChI=1S/C16H19ClN2O2S/c1-4-8-19-10(2)13(15(20)21-3)14(18-16(19)22)11-6-5-7-12(17)9-11/h5-7,9,14H,4,8H2,1-3H3,(H,18,22). The van der Waals surface area contributed by atoms with Crippen molar-refractivity contribution in [3.8, 4) is 0 Å². The van der Waals surface area contributed by atoms with Gasteiger partial charge in [-0.3, -0.25) is 0 Å². The van der Waals surface area contributed by atoms with E-state index in [0.29, 0.717) is 15.7 Å². The van der Waals surface area contributed by atoms with E-state index in [4.69, 9.17) is 28.6 Å². The van der Waals surface area contributed by atoms with E-state index in [0.717, 1.165) is 24.2 Å². The van der Waals surface area contributed by atoms with Gasteiger partial charge in [0.2, 0.25) is 0 Å². The third-order valence-corrected chi connectivity index (χ3v) is 4.20. The fourth-order valence-electron chi connectivity index (χ4n) is 2.58. The summed E-state index contributed by atoms with van der Waals surface area (Å²) in [5.41, 5.74) is 2.26. The SMILES string of the molecule is CCCN1C(=S)NC(c2cccc(Cl)c2)C(C(=O)OC)=C1C. The van der Waals surface area contributed by atoms with Crippen molar-refractivity contribution in [1.82, 2.24) is 10.2 Å². The van der Waals surface area contributed by atoms with Crippen molar-refractivity contribution >= 4 is 34.9 Å². The summed E-state index contributed by atoms with van der Waals surface area (Å²) in [4.78, 5) is 14.2. The van der Waals surface area contributed by atoms with Gasteiger partial charge in [-0.2, -0.15) is 0 Å². The zero-order valence-electron chi connectivity index (χ0n) is 12.9. The predicted octanol–water partition coefficient (Wildman–Crippen LogP) is 3.43. The lowest BCUT2D eigenvalue weighted by molar-refractivity contribution is -0.136. The van der Waals surface area contributed by atoms with E-state index < -0.39 is 0 Å². The van der Waals surface area contributed by atoms with Gasteiger partial charge in [-0.15, -0.1) is 0 Å². The summed E-state index contributed by atoms with van der Waals surface area (Å²) in [6, 6.07) is 7.03. The van der Waals surface area contributed by atoms with Crippen LogP contribution in [0, 0.1) is 0 Å². The van der Waals surface area contributed by atoms with Crippen LogP contribution in [0.15, 0.2) is 35.5 Å². The number of ether oxygens (including phenoxy) is 1. The van der Waals surface area contributed by atoms with E-state index in [9.17, 15) is 4.79 Å². The smallest absolute Gasteiger partial charge is 0.337 e.